The van der Waals surface area contributed by atoms with Gasteiger partial charge in [-0.15, -0.1) is 0 Å². The van der Waals surface area contributed by atoms with Gasteiger partial charge in [-0.05, 0) is 66.0 Å². The van der Waals surface area contributed by atoms with E-state index >= 15 is 0 Å². The van der Waals surface area contributed by atoms with Gasteiger partial charge in [-0.1, -0.05) is 26.2 Å². The zero-order valence-electron chi connectivity index (χ0n) is 14.8. The van der Waals surface area contributed by atoms with Gasteiger partial charge in [0.05, 0.1) is 6.61 Å². The Balaban J connectivity index is 2.19. The molecule has 0 aromatic rings. The molecule has 1 aliphatic carbocycles. The summed E-state index contributed by atoms with van der Waals surface area (Å²) in [5.41, 5.74) is -0.0635. The molecular weight excluding hydrogens is 260 g/mol. The summed E-state index contributed by atoms with van der Waals surface area (Å²) in [6.07, 6.45) is 10.1. The van der Waals surface area contributed by atoms with Gasteiger partial charge in [0.15, 0.2) is 0 Å². The average Bonchev–Trinajstić information content (AvgIpc) is 3.25. The van der Waals surface area contributed by atoms with Crippen LogP contribution in [0.3, 0.4) is 0 Å². The molecule has 1 fully saturated rings. The van der Waals surface area contributed by atoms with E-state index in [9.17, 15) is 5.11 Å². The van der Waals surface area contributed by atoms with Crippen LogP contribution < -0.4 is 5.32 Å². The first kappa shape index (κ1) is 18.9. The largest absolute Gasteiger partial charge is 0.394 e. The number of rotatable bonds is 13. The maximum atomic E-state index is 9.63. The van der Waals surface area contributed by atoms with Crippen molar-refractivity contribution in [3.05, 3.63) is 0 Å². The van der Waals surface area contributed by atoms with Crippen LogP contribution >= 0.6 is 0 Å². The van der Waals surface area contributed by atoms with Crippen LogP contribution in [0.5, 0.6) is 0 Å². The first-order chi connectivity index (χ1) is 10.0. The summed E-state index contributed by atoms with van der Waals surface area (Å²) in [6.45, 7) is 11.7. The standard InChI is InChI=1S/C18H38N2O/c1-5-6-8-13-20(16(2)3)14-9-7-12-18(4,15-21)19-17-10-11-17/h16-17,19,21H,5-15H2,1-4H3. The quantitative estimate of drug-likeness (QED) is 0.510. The molecule has 0 bridgehead atoms. The van der Waals surface area contributed by atoms with E-state index in [1.807, 2.05) is 0 Å². The van der Waals surface area contributed by atoms with Crippen LogP contribution in [0, 0.1) is 0 Å². The molecule has 0 amide bonds. The Kier molecular flexibility index (Phi) is 8.84. The van der Waals surface area contributed by atoms with Crippen LogP contribution in [-0.4, -0.2) is 47.3 Å². The zero-order valence-corrected chi connectivity index (χ0v) is 14.8. The molecule has 1 unspecified atom stereocenters. The molecule has 0 aromatic heterocycles. The number of nitrogens with one attached hydrogen (secondary N) is 1. The second-order valence-corrected chi connectivity index (χ2v) is 7.43. The molecule has 126 valence electrons. The Morgan fingerprint density at radius 1 is 1.14 bits per heavy atom. The highest BCUT2D eigenvalue weighted by Crippen LogP contribution is 2.25. The van der Waals surface area contributed by atoms with Gasteiger partial charge in [0, 0.05) is 17.6 Å². The maximum absolute atomic E-state index is 9.63. The molecule has 0 aromatic carbocycles. The summed E-state index contributed by atoms with van der Waals surface area (Å²) in [5, 5.41) is 13.2. The topological polar surface area (TPSA) is 35.5 Å². The van der Waals surface area contributed by atoms with Gasteiger partial charge in [0.25, 0.3) is 0 Å². The van der Waals surface area contributed by atoms with Crippen LogP contribution in [0.15, 0.2) is 0 Å². The highest BCUT2D eigenvalue weighted by molar-refractivity contribution is 4.92. The SMILES string of the molecule is CCCCCN(CCCCC(C)(CO)NC1CC1)C(C)C. The summed E-state index contributed by atoms with van der Waals surface area (Å²) in [6, 6.07) is 1.32. The van der Waals surface area contributed by atoms with Crippen LogP contribution in [0.25, 0.3) is 0 Å². The van der Waals surface area contributed by atoms with Gasteiger partial charge in [-0.2, -0.15) is 0 Å². The molecule has 2 N–H and O–H groups in total. The molecule has 0 heterocycles. The molecule has 0 spiro atoms. The highest BCUT2D eigenvalue weighted by Gasteiger charge is 2.31. The molecular formula is C18H38N2O. The van der Waals surface area contributed by atoms with Crippen LogP contribution in [0.2, 0.25) is 0 Å². The van der Waals surface area contributed by atoms with Crippen molar-refractivity contribution >= 4 is 0 Å². The molecule has 0 radical (unpaired) electrons. The maximum Gasteiger partial charge on any atom is 0.0610 e. The lowest BCUT2D eigenvalue weighted by Crippen LogP contribution is -2.47. The van der Waals surface area contributed by atoms with Crippen LogP contribution in [0.4, 0.5) is 0 Å². The van der Waals surface area contributed by atoms with Crippen LogP contribution in [-0.2, 0) is 0 Å². The molecule has 3 heteroatoms. The predicted octanol–water partition coefficient (Wildman–Crippen LogP) is 3.56. The number of aliphatic hydroxyl groups excluding tert-OH is 1. The van der Waals surface area contributed by atoms with Gasteiger partial charge in [0.1, 0.15) is 0 Å². The number of aliphatic hydroxyl groups is 1. The third-order valence-electron chi connectivity index (χ3n) is 4.68. The van der Waals surface area contributed by atoms with E-state index in [0.717, 1.165) is 6.42 Å². The Hall–Kier alpha value is -0.120. The van der Waals surface area contributed by atoms with E-state index < -0.39 is 0 Å². The highest BCUT2D eigenvalue weighted by atomic mass is 16.3. The lowest BCUT2D eigenvalue weighted by molar-refractivity contribution is 0.156. The van der Waals surface area contributed by atoms with Crippen LogP contribution in [0.1, 0.15) is 79.1 Å². The van der Waals surface area contributed by atoms with Gasteiger partial charge >= 0.3 is 0 Å². The minimum atomic E-state index is -0.0635. The normalized spacial score (nSPS) is 18.4. The molecule has 0 aliphatic heterocycles. The molecule has 21 heavy (non-hydrogen) atoms. The lowest BCUT2D eigenvalue weighted by atomic mass is 9.95. The third-order valence-corrected chi connectivity index (χ3v) is 4.68. The van der Waals surface area contributed by atoms with Crippen molar-refractivity contribution in [2.24, 2.45) is 0 Å². The smallest absolute Gasteiger partial charge is 0.0610 e. The average molecular weight is 299 g/mol. The first-order valence-electron chi connectivity index (χ1n) is 9.13. The third kappa shape index (κ3) is 8.18. The number of nitrogens with zero attached hydrogens (tertiary/aromatic N) is 1. The minimum Gasteiger partial charge on any atom is -0.394 e. The fourth-order valence-electron chi connectivity index (χ4n) is 2.94. The molecule has 1 atom stereocenters. The van der Waals surface area contributed by atoms with Crippen molar-refractivity contribution in [1.29, 1.82) is 0 Å². The number of hydrogen-bond donors (Lipinski definition) is 2. The van der Waals surface area contributed by atoms with Gasteiger partial charge in [-0.3, -0.25) is 0 Å². The van der Waals surface area contributed by atoms with Gasteiger partial charge in [-0.25, -0.2) is 0 Å². The van der Waals surface area contributed by atoms with E-state index in [1.165, 1.54) is 58.0 Å². The van der Waals surface area contributed by atoms with Crippen molar-refractivity contribution in [1.82, 2.24) is 10.2 Å². The lowest BCUT2D eigenvalue weighted by Gasteiger charge is -2.30. The summed E-state index contributed by atoms with van der Waals surface area (Å²) >= 11 is 0. The van der Waals surface area contributed by atoms with Gasteiger partial charge < -0.3 is 15.3 Å². The van der Waals surface area contributed by atoms with Gasteiger partial charge in [0.2, 0.25) is 0 Å². The summed E-state index contributed by atoms with van der Waals surface area (Å²) < 4.78 is 0. The first-order valence-corrected chi connectivity index (χ1v) is 9.13. The minimum absolute atomic E-state index is 0.0635. The Labute approximate surface area is 132 Å². The van der Waals surface area contributed by atoms with Crippen molar-refractivity contribution in [2.75, 3.05) is 19.7 Å². The fourth-order valence-corrected chi connectivity index (χ4v) is 2.94. The van der Waals surface area contributed by atoms with Crippen molar-refractivity contribution in [3.63, 3.8) is 0 Å². The van der Waals surface area contributed by atoms with E-state index in [4.69, 9.17) is 0 Å². The summed E-state index contributed by atoms with van der Waals surface area (Å²) in [7, 11) is 0. The number of unbranched alkanes of at least 4 members (excludes halogenated alkanes) is 3. The van der Waals surface area contributed by atoms with E-state index in [1.54, 1.807) is 0 Å². The molecule has 3 nitrogen and oxygen atoms in total. The second-order valence-electron chi connectivity index (χ2n) is 7.43. The molecule has 1 saturated carbocycles. The second kappa shape index (κ2) is 9.81. The van der Waals surface area contributed by atoms with Crippen molar-refractivity contribution < 1.29 is 5.11 Å². The summed E-state index contributed by atoms with van der Waals surface area (Å²) in [4.78, 5) is 2.61. The van der Waals surface area contributed by atoms with E-state index in [-0.39, 0.29) is 12.1 Å². The zero-order chi connectivity index (χ0) is 15.7. The monoisotopic (exact) mass is 298 g/mol. The Morgan fingerprint density at radius 2 is 1.76 bits per heavy atom. The van der Waals surface area contributed by atoms with Crippen molar-refractivity contribution in [3.8, 4) is 0 Å². The van der Waals surface area contributed by atoms with E-state index in [0.29, 0.717) is 12.1 Å². The predicted molar refractivity (Wildman–Crippen MR) is 91.7 cm³/mol. The summed E-state index contributed by atoms with van der Waals surface area (Å²) in [5.74, 6) is 0. The number of hydrogen-bond acceptors (Lipinski definition) is 3. The Morgan fingerprint density at radius 3 is 2.24 bits per heavy atom. The Bertz CT molecular complexity index is 266. The molecule has 1 rings (SSSR count). The van der Waals surface area contributed by atoms with E-state index in [2.05, 4.69) is 37.9 Å². The van der Waals surface area contributed by atoms with Crippen molar-refractivity contribution in [2.45, 2.75) is 96.7 Å². The fraction of sp³-hybridized carbons (Fsp3) is 1.00. The molecule has 0 saturated heterocycles. The molecule has 1 aliphatic rings.